The van der Waals surface area contributed by atoms with Gasteiger partial charge in [0.1, 0.15) is 0 Å². The van der Waals surface area contributed by atoms with Crippen LogP contribution in [0.15, 0.2) is 38.8 Å². The van der Waals surface area contributed by atoms with Gasteiger partial charge in [-0.15, -0.1) is 0 Å². The van der Waals surface area contributed by atoms with Crippen molar-refractivity contribution in [2.45, 2.75) is 37.5 Å². The molecule has 38 heavy (non-hydrogen) atoms. The minimum atomic E-state index is -4.83. The molecule has 14 heteroatoms. The van der Waals surface area contributed by atoms with Crippen molar-refractivity contribution in [2.75, 3.05) is 25.4 Å². The van der Waals surface area contributed by atoms with E-state index in [4.69, 9.17) is 28.9 Å². The second-order valence-corrected chi connectivity index (χ2v) is 12.3. The lowest BCUT2D eigenvalue weighted by Gasteiger charge is -2.22. The Kier molecular flexibility index (Phi) is 8.02. The van der Waals surface area contributed by atoms with E-state index in [2.05, 4.69) is 4.98 Å². The van der Waals surface area contributed by atoms with E-state index in [9.17, 15) is 31.2 Å². The van der Waals surface area contributed by atoms with Gasteiger partial charge in [0.25, 0.3) is 5.56 Å². The standard InChI is InChI=1S/C24H25Cl2F3N4O4S/c1-2-38(36,37)19-4-3-15(25)7-14(19)11-33-22(34)16-8-18(24(27,28)29)17(20(26)21(16)31-23(33)35)12-32-6-5-13(9-30)10-32/h3-4,7-8,13H,2,5-6,9-12,30H2,1H3,(H,31,35). The van der Waals surface area contributed by atoms with Gasteiger partial charge in [0, 0.05) is 18.1 Å². The fraction of sp³-hybridized carbons (Fsp3) is 0.417. The van der Waals surface area contributed by atoms with Crippen LogP contribution in [0.1, 0.15) is 30.0 Å². The molecule has 2 aromatic carbocycles. The summed E-state index contributed by atoms with van der Waals surface area (Å²) >= 11 is 12.4. The maximum Gasteiger partial charge on any atom is 0.416 e. The molecule has 0 aliphatic carbocycles. The number of alkyl halides is 3. The van der Waals surface area contributed by atoms with E-state index in [0.717, 1.165) is 6.42 Å². The summed E-state index contributed by atoms with van der Waals surface area (Å²) in [6.45, 7) is 2.21. The molecule has 3 N–H and O–H groups in total. The number of fused-ring (bicyclic) bond motifs is 1. The zero-order chi connectivity index (χ0) is 28.0. The molecule has 1 aliphatic rings. The van der Waals surface area contributed by atoms with Crippen molar-refractivity contribution in [3.05, 3.63) is 71.8 Å². The molecule has 1 fully saturated rings. The molecule has 0 bridgehead atoms. The molecular weight excluding hydrogens is 568 g/mol. The van der Waals surface area contributed by atoms with Crippen LogP contribution < -0.4 is 17.0 Å². The van der Waals surface area contributed by atoms with Crippen LogP contribution in [-0.4, -0.2) is 48.3 Å². The molecule has 0 radical (unpaired) electrons. The molecule has 0 amide bonds. The Morgan fingerprint density at radius 1 is 1.16 bits per heavy atom. The van der Waals surface area contributed by atoms with Crippen LogP contribution in [0.4, 0.5) is 13.2 Å². The van der Waals surface area contributed by atoms with E-state index >= 15 is 0 Å². The molecule has 1 atom stereocenters. The van der Waals surface area contributed by atoms with Gasteiger partial charge in [-0.1, -0.05) is 30.1 Å². The third-order valence-corrected chi connectivity index (χ3v) is 9.26. The molecule has 1 saturated heterocycles. The SMILES string of the molecule is CCS(=O)(=O)c1ccc(Cl)cc1Cn1c(=O)[nH]c2c(Cl)c(CN3CCC(CN)C3)c(C(F)(F)F)cc2c1=O. The predicted molar refractivity (Wildman–Crippen MR) is 140 cm³/mol. The van der Waals surface area contributed by atoms with Gasteiger partial charge in [-0.25, -0.2) is 13.2 Å². The van der Waals surface area contributed by atoms with Gasteiger partial charge in [0.2, 0.25) is 0 Å². The number of nitrogens with zero attached hydrogens (tertiary/aromatic N) is 2. The number of sulfone groups is 1. The topological polar surface area (TPSA) is 118 Å². The van der Waals surface area contributed by atoms with E-state index < -0.39 is 44.8 Å². The van der Waals surface area contributed by atoms with E-state index in [1.54, 1.807) is 4.90 Å². The fourth-order valence-electron chi connectivity index (χ4n) is 4.72. The monoisotopic (exact) mass is 592 g/mol. The highest BCUT2D eigenvalue weighted by Gasteiger charge is 2.37. The number of aromatic nitrogens is 2. The number of halogens is 5. The van der Waals surface area contributed by atoms with Crippen LogP contribution in [0.25, 0.3) is 10.9 Å². The zero-order valence-corrected chi connectivity index (χ0v) is 22.6. The number of aromatic amines is 1. The molecule has 206 valence electrons. The Morgan fingerprint density at radius 3 is 2.47 bits per heavy atom. The average Bonchev–Trinajstić information content (AvgIpc) is 3.30. The Bertz CT molecular complexity index is 1620. The van der Waals surface area contributed by atoms with Crippen molar-refractivity contribution in [3.63, 3.8) is 0 Å². The van der Waals surface area contributed by atoms with Crippen LogP contribution in [0.2, 0.25) is 10.0 Å². The normalized spacial score (nSPS) is 17.0. The van der Waals surface area contributed by atoms with Gasteiger partial charge in [-0.3, -0.25) is 14.3 Å². The average molecular weight is 593 g/mol. The van der Waals surface area contributed by atoms with E-state index in [1.807, 2.05) is 0 Å². The lowest BCUT2D eigenvalue weighted by molar-refractivity contribution is -0.138. The summed E-state index contributed by atoms with van der Waals surface area (Å²) in [7, 11) is -3.76. The van der Waals surface area contributed by atoms with Gasteiger partial charge in [-0.2, -0.15) is 13.2 Å². The van der Waals surface area contributed by atoms with E-state index in [1.165, 1.54) is 25.1 Å². The number of H-pyrrole nitrogens is 1. The van der Waals surface area contributed by atoms with Crippen molar-refractivity contribution in [1.29, 1.82) is 0 Å². The van der Waals surface area contributed by atoms with Gasteiger partial charge in [0.05, 0.1) is 38.7 Å². The summed E-state index contributed by atoms with van der Waals surface area (Å²) in [5.74, 6) is -0.0930. The number of nitrogens with two attached hydrogens (primary N) is 1. The molecule has 1 unspecified atom stereocenters. The van der Waals surface area contributed by atoms with Crippen molar-refractivity contribution in [3.8, 4) is 0 Å². The molecule has 2 heterocycles. The Morgan fingerprint density at radius 2 is 1.87 bits per heavy atom. The highest BCUT2D eigenvalue weighted by Crippen LogP contribution is 2.39. The van der Waals surface area contributed by atoms with E-state index in [0.29, 0.717) is 30.3 Å². The molecular formula is C24H25Cl2F3N4O4S. The number of hydrogen-bond acceptors (Lipinski definition) is 6. The quantitative estimate of drug-likeness (QED) is 0.432. The van der Waals surface area contributed by atoms with Crippen LogP contribution in [0.3, 0.4) is 0 Å². The summed E-state index contributed by atoms with van der Waals surface area (Å²) in [5, 5.41) is -0.663. The van der Waals surface area contributed by atoms with Crippen LogP contribution >= 0.6 is 23.2 Å². The minimum Gasteiger partial charge on any atom is -0.330 e. The molecule has 0 spiro atoms. The van der Waals surface area contributed by atoms with Crippen molar-refractivity contribution < 1.29 is 21.6 Å². The second kappa shape index (κ2) is 10.6. The molecule has 3 aromatic rings. The minimum absolute atomic E-state index is 0.0496. The number of rotatable bonds is 7. The largest absolute Gasteiger partial charge is 0.416 e. The van der Waals surface area contributed by atoms with Gasteiger partial charge >= 0.3 is 11.9 Å². The summed E-state index contributed by atoms with van der Waals surface area (Å²) in [6, 6.07) is 4.59. The Labute approximate surface area is 226 Å². The van der Waals surface area contributed by atoms with Crippen LogP contribution in [0, 0.1) is 5.92 Å². The third kappa shape index (κ3) is 5.50. The Balaban J connectivity index is 1.88. The zero-order valence-electron chi connectivity index (χ0n) is 20.2. The second-order valence-electron chi connectivity index (χ2n) is 9.24. The van der Waals surface area contributed by atoms with E-state index in [-0.39, 0.29) is 49.8 Å². The van der Waals surface area contributed by atoms with Crippen molar-refractivity contribution >= 4 is 43.9 Å². The molecule has 0 saturated carbocycles. The van der Waals surface area contributed by atoms with Gasteiger partial charge in [0.15, 0.2) is 9.84 Å². The van der Waals surface area contributed by atoms with Crippen LogP contribution in [0.5, 0.6) is 0 Å². The lowest BCUT2D eigenvalue weighted by atomic mass is 10.0. The maximum absolute atomic E-state index is 14.1. The molecule has 1 aromatic heterocycles. The highest BCUT2D eigenvalue weighted by atomic mass is 35.5. The number of nitrogens with one attached hydrogen (secondary N) is 1. The smallest absolute Gasteiger partial charge is 0.330 e. The fourth-order valence-corrected chi connectivity index (χ4v) is 6.33. The number of benzene rings is 2. The van der Waals surface area contributed by atoms with Gasteiger partial charge < -0.3 is 10.7 Å². The molecule has 1 aliphatic heterocycles. The first-order chi connectivity index (χ1) is 17.8. The highest BCUT2D eigenvalue weighted by molar-refractivity contribution is 7.91. The summed E-state index contributed by atoms with van der Waals surface area (Å²) in [5.41, 5.74) is 2.19. The molecule has 4 rings (SSSR count). The first kappa shape index (κ1) is 28.6. The lowest BCUT2D eigenvalue weighted by Crippen LogP contribution is -2.36. The van der Waals surface area contributed by atoms with Crippen molar-refractivity contribution in [1.82, 2.24) is 14.5 Å². The molecule has 8 nitrogen and oxygen atoms in total. The Hall–Kier alpha value is -2.38. The van der Waals surface area contributed by atoms with Crippen LogP contribution in [-0.2, 0) is 29.1 Å². The summed E-state index contributed by atoms with van der Waals surface area (Å²) in [4.78, 5) is 30.4. The number of hydrogen-bond donors (Lipinski definition) is 2. The first-order valence-electron chi connectivity index (χ1n) is 11.8. The summed E-state index contributed by atoms with van der Waals surface area (Å²) < 4.78 is 68.2. The first-order valence-corrected chi connectivity index (χ1v) is 14.2. The van der Waals surface area contributed by atoms with Crippen molar-refractivity contribution in [2.24, 2.45) is 11.7 Å². The van der Waals surface area contributed by atoms with Gasteiger partial charge in [-0.05, 0) is 60.8 Å². The number of likely N-dealkylation sites (tertiary alicyclic amines) is 1. The maximum atomic E-state index is 14.1. The summed E-state index contributed by atoms with van der Waals surface area (Å²) in [6.07, 6.45) is -4.09. The predicted octanol–water partition coefficient (Wildman–Crippen LogP) is 3.64. The third-order valence-electron chi connectivity index (χ3n) is 6.78.